The Hall–Kier alpha value is -2.46. The lowest BCUT2D eigenvalue weighted by atomic mass is 9.90. The van der Waals surface area contributed by atoms with Gasteiger partial charge in [0.1, 0.15) is 5.01 Å². The van der Waals surface area contributed by atoms with E-state index in [9.17, 15) is 4.79 Å². The number of hydrogen-bond donors (Lipinski definition) is 1. The molecule has 3 rings (SSSR count). The summed E-state index contributed by atoms with van der Waals surface area (Å²) in [7, 11) is 0. The third-order valence-electron chi connectivity index (χ3n) is 4.85. The Labute approximate surface area is 164 Å². The third-order valence-corrected chi connectivity index (χ3v) is 5.85. The van der Waals surface area contributed by atoms with Crippen LogP contribution in [-0.2, 0) is 6.54 Å². The maximum absolute atomic E-state index is 12.7. The van der Waals surface area contributed by atoms with Gasteiger partial charge in [-0.15, -0.1) is 10.2 Å². The molecule has 0 saturated heterocycles. The van der Waals surface area contributed by atoms with Crippen molar-refractivity contribution in [3.8, 4) is 6.07 Å². The van der Waals surface area contributed by atoms with E-state index in [2.05, 4.69) is 21.6 Å². The van der Waals surface area contributed by atoms with E-state index < -0.39 is 0 Å². The van der Waals surface area contributed by atoms with Crippen molar-refractivity contribution in [1.82, 2.24) is 15.1 Å². The van der Waals surface area contributed by atoms with E-state index >= 15 is 0 Å². The van der Waals surface area contributed by atoms with Crippen molar-refractivity contribution in [3.05, 3.63) is 40.4 Å². The first-order valence-electron chi connectivity index (χ1n) is 9.58. The number of rotatable bonds is 6. The lowest BCUT2D eigenvalue weighted by Crippen LogP contribution is -2.35. The largest absolute Gasteiger partial charge is 0.323 e. The quantitative estimate of drug-likeness (QED) is 0.769. The van der Waals surface area contributed by atoms with Gasteiger partial charge >= 0.3 is 6.03 Å². The van der Waals surface area contributed by atoms with E-state index in [-0.39, 0.29) is 6.03 Å². The number of urea groups is 1. The number of aromatic nitrogens is 2. The maximum atomic E-state index is 12.7. The zero-order valence-corrected chi connectivity index (χ0v) is 16.5. The maximum Gasteiger partial charge on any atom is 0.323 e. The van der Waals surface area contributed by atoms with Gasteiger partial charge < -0.3 is 4.90 Å². The van der Waals surface area contributed by atoms with E-state index in [0.717, 1.165) is 17.0 Å². The molecule has 1 aliphatic rings. The van der Waals surface area contributed by atoms with Crippen LogP contribution in [0.15, 0.2) is 24.3 Å². The summed E-state index contributed by atoms with van der Waals surface area (Å²) in [4.78, 5) is 14.5. The van der Waals surface area contributed by atoms with Gasteiger partial charge in [-0.25, -0.2) is 4.79 Å². The summed E-state index contributed by atoms with van der Waals surface area (Å²) in [6.07, 6.45) is 7.02. The summed E-state index contributed by atoms with van der Waals surface area (Å²) < 4.78 is 0. The van der Waals surface area contributed by atoms with Crippen LogP contribution in [0.2, 0.25) is 0 Å². The second-order valence-corrected chi connectivity index (χ2v) is 7.95. The molecule has 1 saturated carbocycles. The van der Waals surface area contributed by atoms with Gasteiger partial charge in [-0.3, -0.25) is 5.32 Å². The Balaban J connectivity index is 1.62. The van der Waals surface area contributed by atoms with Gasteiger partial charge in [-0.1, -0.05) is 49.7 Å². The lowest BCUT2D eigenvalue weighted by Gasteiger charge is -2.22. The fourth-order valence-electron chi connectivity index (χ4n) is 3.40. The second kappa shape index (κ2) is 9.47. The molecule has 0 bridgehead atoms. The number of amides is 2. The molecular formula is C20H25N5OS. The molecule has 6 nitrogen and oxygen atoms in total. The minimum Gasteiger partial charge on any atom is -0.320 e. The first-order chi connectivity index (χ1) is 13.2. The van der Waals surface area contributed by atoms with Crippen LogP contribution in [0.5, 0.6) is 0 Å². The van der Waals surface area contributed by atoms with Crippen LogP contribution < -0.4 is 5.32 Å². The zero-order valence-electron chi connectivity index (χ0n) is 15.6. The zero-order chi connectivity index (χ0) is 19.1. The predicted molar refractivity (Wildman–Crippen MR) is 107 cm³/mol. The molecule has 1 aromatic heterocycles. The SMILES string of the molecule is CCCN(Cc1ccc(C#N)cc1)C(=O)Nc1nnc(C2CCCCC2)s1. The Kier molecular flexibility index (Phi) is 6.77. The molecule has 27 heavy (non-hydrogen) atoms. The van der Waals surface area contributed by atoms with E-state index in [1.807, 2.05) is 19.1 Å². The molecule has 0 unspecified atom stereocenters. The van der Waals surface area contributed by atoms with E-state index in [1.165, 1.54) is 43.4 Å². The predicted octanol–water partition coefficient (Wildman–Crippen LogP) is 4.90. The standard InChI is InChI=1S/C20H25N5OS/c1-2-12-25(14-16-10-8-15(13-21)9-11-16)20(26)22-19-24-23-18(27-19)17-6-4-3-5-7-17/h8-11,17H,2-7,12,14H2,1H3,(H,22,24,26). The van der Waals surface area contributed by atoms with Gasteiger partial charge in [0, 0.05) is 19.0 Å². The van der Waals surface area contributed by atoms with Crippen LogP contribution in [0.4, 0.5) is 9.93 Å². The summed E-state index contributed by atoms with van der Waals surface area (Å²) >= 11 is 1.50. The average Bonchev–Trinajstić information content (AvgIpc) is 3.17. The van der Waals surface area contributed by atoms with E-state index in [0.29, 0.717) is 29.7 Å². The van der Waals surface area contributed by atoms with Crippen LogP contribution in [-0.4, -0.2) is 27.7 Å². The molecule has 0 atom stereocenters. The number of benzene rings is 1. The number of anilines is 1. The summed E-state index contributed by atoms with van der Waals surface area (Å²) in [5.74, 6) is 0.493. The summed E-state index contributed by atoms with van der Waals surface area (Å²) in [6, 6.07) is 9.28. The molecule has 2 amide bonds. The van der Waals surface area contributed by atoms with Crippen molar-refractivity contribution in [2.75, 3.05) is 11.9 Å². The van der Waals surface area contributed by atoms with Crippen molar-refractivity contribution in [2.45, 2.75) is 57.9 Å². The number of nitriles is 1. The molecule has 0 spiro atoms. The molecule has 1 fully saturated rings. The smallest absolute Gasteiger partial charge is 0.320 e. The average molecular weight is 384 g/mol. The minimum absolute atomic E-state index is 0.160. The summed E-state index contributed by atoms with van der Waals surface area (Å²) in [5.41, 5.74) is 1.62. The Morgan fingerprint density at radius 1 is 1.26 bits per heavy atom. The summed E-state index contributed by atoms with van der Waals surface area (Å²) in [6.45, 7) is 3.20. The van der Waals surface area contributed by atoms with Crippen molar-refractivity contribution in [2.24, 2.45) is 0 Å². The van der Waals surface area contributed by atoms with Crippen LogP contribution in [0, 0.1) is 11.3 Å². The van der Waals surface area contributed by atoms with Gasteiger partial charge in [-0.2, -0.15) is 5.26 Å². The fourth-order valence-corrected chi connectivity index (χ4v) is 4.30. The van der Waals surface area contributed by atoms with Crippen LogP contribution >= 0.6 is 11.3 Å². The molecule has 2 aromatic rings. The molecule has 7 heteroatoms. The fraction of sp³-hybridized carbons (Fsp3) is 0.500. The van der Waals surface area contributed by atoms with Gasteiger partial charge in [0.05, 0.1) is 11.6 Å². The number of carbonyl (C=O) groups excluding carboxylic acids is 1. The number of nitrogens with zero attached hydrogens (tertiary/aromatic N) is 4. The van der Waals surface area contributed by atoms with Crippen LogP contribution in [0.25, 0.3) is 0 Å². The first-order valence-corrected chi connectivity index (χ1v) is 10.4. The van der Waals surface area contributed by atoms with E-state index in [4.69, 9.17) is 5.26 Å². The normalized spacial score (nSPS) is 14.5. The second-order valence-electron chi connectivity index (χ2n) is 6.94. The van der Waals surface area contributed by atoms with Crippen molar-refractivity contribution in [3.63, 3.8) is 0 Å². The highest BCUT2D eigenvalue weighted by molar-refractivity contribution is 7.15. The first kappa shape index (κ1) is 19.3. The van der Waals surface area contributed by atoms with Gasteiger partial charge in [-0.05, 0) is 37.0 Å². The molecule has 0 radical (unpaired) electrons. The Bertz CT molecular complexity index is 789. The monoisotopic (exact) mass is 383 g/mol. The number of nitrogens with one attached hydrogen (secondary N) is 1. The highest BCUT2D eigenvalue weighted by Gasteiger charge is 2.21. The number of hydrogen-bond acceptors (Lipinski definition) is 5. The highest BCUT2D eigenvalue weighted by atomic mass is 32.1. The van der Waals surface area contributed by atoms with Crippen molar-refractivity contribution >= 4 is 22.5 Å². The Morgan fingerprint density at radius 2 is 2.00 bits per heavy atom. The van der Waals surface area contributed by atoms with E-state index in [1.54, 1.807) is 17.0 Å². The molecule has 1 aromatic carbocycles. The molecule has 1 aliphatic carbocycles. The van der Waals surface area contributed by atoms with Crippen LogP contribution in [0.1, 0.15) is 67.5 Å². The lowest BCUT2D eigenvalue weighted by molar-refractivity contribution is 0.209. The third kappa shape index (κ3) is 5.27. The molecule has 1 N–H and O–H groups in total. The van der Waals surface area contributed by atoms with Gasteiger partial charge in [0.25, 0.3) is 0 Å². The van der Waals surface area contributed by atoms with Crippen molar-refractivity contribution in [1.29, 1.82) is 5.26 Å². The minimum atomic E-state index is -0.160. The number of carbonyl (C=O) groups is 1. The molecule has 1 heterocycles. The van der Waals surface area contributed by atoms with Crippen LogP contribution in [0.3, 0.4) is 0 Å². The molecule has 142 valence electrons. The van der Waals surface area contributed by atoms with Gasteiger partial charge in [0.2, 0.25) is 5.13 Å². The Morgan fingerprint density at radius 3 is 2.67 bits per heavy atom. The highest BCUT2D eigenvalue weighted by Crippen LogP contribution is 2.35. The topological polar surface area (TPSA) is 81.9 Å². The summed E-state index contributed by atoms with van der Waals surface area (Å²) in [5, 5.41) is 21.9. The molecular weight excluding hydrogens is 358 g/mol. The van der Waals surface area contributed by atoms with Gasteiger partial charge in [0.15, 0.2) is 0 Å². The molecule has 0 aliphatic heterocycles. The van der Waals surface area contributed by atoms with Crippen molar-refractivity contribution < 1.29 is 4.79 Å².